The summed E-state index contributed by atoms with van der Waals surface area (Å²) in [7, 11) is 1.99. The van der Waals surface area contributed by atoms with Gasteiger partial charge in [0.25, 0.3) is 0 Å². The highest BCUT2D eigenvalue weighted by Crippen LogP contribution is 2.42. The summed E-state index contributed by atoms with van der Waals surface area (Å²) in [5, 5.41) is 12.6. The first-order valence-corrected chi connectivity index (χ1v) is 10.7. The molecule has 7 heteroatoms. The number of para-hydroxylation sites is 1. The molecular formula is C25H27N5O2. The van der Waals surface area contributed by atoms with Crippen LogP contribution in [-0.4, -0.2) is 34.1 Å². The third-order valence-corrected chi connectivity index (χ3v) is 5.87. The maximum absolute atomic E-state index is 11.3. The van der Waals surface area contributed by atoms with Crippen LogP contribution in [0.15, 0.2) is 67.0 Å². The van der Waals surface area contributed by atoms with Crippen LogP contribution in [-0.2, 0) is 6.42 Å². The Morgan fingerprint density at radius 1 is 1.19 bits per heavy atom. The first-order valence-electron chi connectivity index (χ1n) is 10.7. The van der Waals surface area contributed by atoms with Crippen LogP contribution in [0.1, 0.15) is 36.2 Å². The number of carboxylic acid groups (broad SMARTS) is 1. The summed E-state index contributed by atoms with van der Waals surface area (Å²) in [5.74, 6) is 0.317. The molecule has 1 aliphatic heterocycles. The summed E-state index contributed by atoms with van der Waals surface area (Å²) in [4.78, 5) is 25.0. The number of aryl methyl sites for hydroxylation is 1. The van der Waals surface area contributed by atoms with Crippen LogP contribution in [0.3, 0.4) is 0 Å². The highest BCUT2D eigenvalue weighted by atomic mass is 16.4. The summed E-state index contributed by atoms with van der Waals surface area (Å²) in [6.45, 7) is 8.45. The van der Waals surface area contributed by atoms with Gasteiger partial charge in [0.05, 0.1) is 17.8 Å². The van der Waals surface area contributed by atoms with Gasteiger partial charge in [0.2, 0.25) is 5.95 Å². The van der Waals surface area contributed by atoms with Crippen LogP contribution in [0.25, 0.3) is 0 Å². The number of aromatic carboxylic acids is 1. The van der Waals surface area contributed by atoms with Crippen molar-refractivity contribution in [2.24, 2.45) is 0 Å². The monoisotopic (exact) mass is 429 g/mol. The van der Waals surface area contributed by atoms with E-state index in [9.17, 15) is 9.90 Å². The van der Waals surface area contributed by atoms with Crippen LogP contribution in [0.2, 0.25) is 0 Å². The lowest BCUT2D eigenvalue weighted by molar-refractivity contribution is 0.0697. The van der Waals surface area contributed by atoms with Crippen molar-refractivity contribution in [3.05, 3.63) is 78.1 Å². The van der Waals surface area contributed by atoms with Crippen LogP contribution in [0, 0.1) is 0 Å². The number of aromatic nitrogens is 2. The maximum Gasteiger partial charge on any atom is 0.335 e. The Kier molecular flexibility index (Phi) is 5.81. The molecule has 2 N–H and O–H groups in total. The Morgan fingerprint density at radius 3 is 2.59 bits per heavy atom. The highest BCUT2D eigenvalue weighted by molar-refractivity contribution is 5.89. The lowest BCUT2D eigenvalue weighted by Gasteiger charge is -2.43. The Morgan fingerprint density at radius 2 is 1.94 bits per heavy atom. The minimum absolute atomic E-state index is 0.0682. The van der Waals surface area contributed by atoms with Gasteiger partial charge in [0, 0.05) is 24.1 Å². The van der Waals surface area contributed by atoms with Crippen molar-refractivity contribution >= 4 is 34.8 Å². The van der Waals surface area contributed by atoms with Gasteiger partial charge < -0.3 is 20.2 Å². The number of carbonyl (C=O) groups is 1. The van der Waals surface area contributed by atoms with Gasteiger partial charge in [0.1, 0.15) is 5.69 Å². The number of nitrogens with one attached hydrogen (secondary N) is 1. The summed E-state index contributed by atoms with van der Waals surface area (Å²) in [5.41, 5.74) is 4.86. The summed E-state index contributed by atoms with van der Waals surface area (Å²) in [6.07, 6.45) is 3.36. The SMILES string of the molecule is C=C1[C@@H](CC)N(c2ccccc2)c2nc(Nc3ccc(C(=O)O)cc3CC)ncc2N1C. The van der Waals surface area contributed by atoms with E-state index in [1.807, 2.05) is 37.1 Å². The van der Waals surface area contributed by atoms with Gasteiger partial charge in [-0.3, -0.25) is 0 Å². The van der Waals surface area contributed by atoms with Gasteiger partial charge in [-0.15, -0.1) is 0 Å². The molecule has 1 aromatic heterocycles. The molecule has 0 fully saturated rings. The van der Waals surface area contributed by atoms with Crippen molar-refractivity contribution in [1.82, 2.24) is 9.97 Å². The number of rotatable bonds is 6. The predicted octanol–water partition coefficient (Wildman–Crippen LogP) is 5.36. The molecule has 0 saturated carbocycles. The van der Waals surface area contributed by atoms with E-state index in [1.165, 1.54) is 0 Å². The van der Waals surface area contributed by atoms with Gasteiger partial charge in [-0.25, -0.2) is 9.78 Å². The molecule has 0 aliphatic carbocycles. The van der Waals surface area contributed by atoms with Crippen molar-refractivity contribution in [3.63, 3.8) is 0 Å². The Balaban J connectivity index is 1.78. The van der Waals surface area contributed by atoms with Gasteiger partial charge >= 0.3 is 5.97 Å². The molecule has 1 atom stereocenters. The first-order chi connectivity index (χ1) is 15.4. The van der Waals surface area contributed by atoms with Gasteiger partial charge in [-0.2, -0.15) is 4.98 Å². The van der Waals surface area contributed by atoms with Gasteiger partial charge in [-0.05, 0) is 48.7 Å². The molecule has 0 saturated heterocycles. The van der Waals surface area contributed by atoms with Crippen molar-refractivity contribution in [1.29, 1.82) is 0 Å². The Labute approximate surface area is 188 Å². The second kappa shape index (κ2) is 8.70. The third-order valence-electron chi connectivity index (χ3n) is 5.87. The quantitative estimate of drug-likeness (QED) is 0.546. The normalized spacial score (nSPS) is 15.5. The maximum atomic E-state index is 11.3. The molecule has 0 spiro atoms. The standard InChI is InChI=1S/C25H27N5O2/c1-5-17-14-18(24(31)32)12-13-20(17)27-25-26-15-22-23(28-25)30(19-10-8-7-9-11-19)21(6-2)16(3)29(22)4/h7-15,21H,3,5-6H2,1-2,4H3,(H,31,32)(H,26,27,28)/t21-/m1/s1. The second-order valence-corrected chi connectivity index (χ2v) is 7.74. The molecule has 4 rings (SSSR count). The van der Waals surface area contributed by atoms with Crippen molar-refractivity contribution < 1.29 is 9.90 Å². The van der Waals surface area contributed by atoms with E-state index < -0.39 is 5.97 Å². The minimum atomic E-state index is -0.941. The van der Waals surface area contributed by atoms with Crippen LogP contribution >= 0.6 is 0 Å². The number of hydrogen-bond acceptors (Lipinski definition) is 6. The number of anilines is 5. The lowest BCUT2D eigenvalue weighted by atomic mass is 10.0. The number of fused-ring (bicyclic) bond motifs is 1. The molecular weight excluding hydrogens is 402 g/mol. The van der Waals surface area contributed by atoms with E-state index in [0.29, 0.717) is 12.4 Å². The van der Waals surface area contributed by atoms with Crippen LogP contribution in [0.5, 0.6) is 0 Å². The second-order valence-electron chi connectivity index (χ2n) is 7.74. The zero-order chi connectivity index (χ0) is 22.8. The minimum Gasteiger partial charge on any atom is -0.478 e. The zero-order valence-corrected chi connectivity index (χ0v) is 18.5. The smallest absolute Gasteiger partial charge is 0.335 e. The number of hydrogen-bond donors (Lipinski definition) is 2. The zero-order valence-electron chi connectivity index (χ0n) is 18.5. The summed E-state index contributed by atoms with van der Waals surface area (Å²) in [6, 6.07) is 15.3. The van der Waals surface area contributed by atoms with Crippen LogP contribution < -0.4 is 15.1 Å². The largest absolute Gasteiger partial charge is 0.478 e. The molecule has 164 valence electrons. The van der Waals surface area contributed by atoms with Crippen molar-refractivity contribution in [3.8, 4) is 0 Å². The topological polar surface area (TPSA) is 81.6 Å². The van der Waals surface area contributed by atoms with Crippen molar-refractivity contribution in [2.45, 2.75) is 32.7 Å². The average molecular weight is 430 g/mol. The summed E-state index contributed by atoms with van der Waals surface area (Å²) >= 11 is 0. The van der Waals surface area contributed by atoms with E-state index in [2.05, 4.69) is 40.8 Å². The lowest BCUT2D eigenvalue weighted by Crippen LogP contribution is -2.43. The van der Waals surface area contributed by atoms with Crippen molar-refractivity contribution in [2.75, 3.05) is 22.2 Å². The molecule has 0 bridgehead atoms. The molecule has 1 aliphatic rings. The number of carboxylic acids is 1. The molecule has 2 heterocycles. The average Bonchev–Trinajstić information content (AvgIpc) is 2.81. The Hall–Kier alpha value is -3.87. The number of likely N-dealkylation sites (N-methyl/N-ethyl adjacent to an activating group) is 1. The molecule has 0 radical (unpaired) electrons. The number of benzene rings is 2. The fraction of sp³-hybridized carbons (Fsp3) is 0.240. The molecule has 0 unspecified atom stereocenters. The van der Waals surface area contributed by atoms with Crippen LogP contribution in [0.4, 0.5) is 28.8 Å². The highest BCUT2D eigenvalue weighted by Gasteiger charge is 2.34. The molecule has 2 aromatic carbocycles. The van der Waals surface area contributed by atoms with E-state index in [0.717, 1.165) is 40.6 Å². The van der Waals surface area contributed by atoms with E-state index in [4.69, 9.17) is 4.98 Å². The van der Waals surface area contributed by atoms with Gasteiger partial charge in [-0.1, -0.05) is 38.6 Å². The molecule has 32 heavy (non-hydrogen) atoms. The fourth-order valence-electron chi connectivity index (χ4n) is 4.09. The predicted molar refractivity (Wildman–Crippen MR) is 128 cm³/mol. The molecule has 7 nitrogen and oxygen atoms in total. The third kappa shape index (κ3) is 3.77. The number of nitrogens with zero attached hydrogens (tertiary/aromatic N) is 4. The fourth-order valence-corrected chi connectivity index (χ4v) is 4.09. The first kappa shape index (κ1) is 21.4. The molecule has 0 amide bonds. The Bertz CT molecular complexity index is 1160. The van der Waals surface area contributed by atoms with E-state index in [1.54, 1.807) is 24.4 Å². The van der Waals surface area contributed by atoms with Gasteiger partial charge in [0.15, 0.2) is 5.82 Å². The van der Waals surface area contributed by atoms with E-state index >= 15 is 0 Å². The summed E-state index contributed by atoms with van der Waals surface area (Å²) < 4.78 is 0. The van der Waals surface area contributed by atoms with E-state index in [-0.39, 0.29) is 11.6 Å². The molecule has 3 aromatic rings.